The van der Waals surface area contributed by atoms with E-state index in [-0.39, 0.29) is 47.8 Å². The summed E-state index contributed by atoms with van der Waals surface area (Å²) in [6, 6.07) is 6.55. The molecule has 2 aromatic rings. The molecule has 2 aliphatic heterocycles. The van der Waals surface area contributed by atoms with Gasteiger partial charge in [-0.05, 0) is 100 Å². The van der Waals surface area contributed by atoms with Gasteiger partial charge in [0.15, 0.2) is 0 Å². The number of halogens is 3. The fourth-order valence-electron chi connectivity index (χ4n) is 7.73. The number of nitrogens with one attached hydrogen (secondary N) is 2. The summed E-state index contributed by atoms with van der Waals surface area (Å²) in [6.45, 7) is 11.7. The second-order valence-corrected chi connectivity index (χ2v) is 18.6. The molecule has 4 aliphatic rings. The molecule has 2 saturated carbocycles. The highest BCUT2D eigenvalue weighted by molar-refractivity contribution is 7.91. The number of aromatic nitrogens is 1. The van der Waals surface area contributed by atoms with Gasteiger partial charge in [0.25, 0.3) is 5.91 Å². The topological polar surface area (TPSA) is 196 Å². The van der Waals surface area contributed by atoms with Gasteiger partial charge in [0.2, 0.25) is 33.3 Å². The number of allylic oxidation sites excluding steroid dienone is 1. The van der Waals surface area contributed by atoms with Crippen LogP contribution in [0, 0.1) is 17.8 Å². The Kier molecular flexibility index (Phi) is 15.2. The van der Waals surface area contributed by atoms with Crippen molar-refractivity contribution in [3.63, 3.8) is 0 Å². The molecular weight excluding hydrogens is 808 g/mol. The molecule has 18 heteroatoms. The van der Waals surface area contributed by atoms with Gasteiger partial charge < -0.3 is 30.2 Å². The Morgan fingerprint density at radius 2 is 1.78 bits per heavy atom. The molecule has 3 fully saturated rings. The Morgan fingerprint density at radius 1 is 1.10 bits per heavy atom. The fourth-order valence-corrected chi connectivity index (χ4v) is 9.39. The van der Waals surface area contributed by atoms with E-state index < -0.39 is 62.1 Å². The maximum Gasteiger partial charge on any atom is 0.427 e. The Morgan fingerprint density at radius 3 is 2.37 bits per heavy atom. The minimum absolute atomic E-state index is 0. The molecular formula is C42H66F3N5O9S. The molecule has 0 spiro atoms. The van der Waals surface area contributed by atoms with E-state index in [0.29, 0.717) is 36.8 Å². The molecule has 2 aliphatic carbocycles. The first-order valence-electron chi connectivity index (χ1n) is 20.6. The lowest BCUT2D eigenvalue weighted by Gasteiger charge is -2.28. The number of ether oxygens (including phenoxy) is 3. The van der Waals surface area contributed by atoms with Crippen molar-refractivity contribution in [3.05, 3.63) is 42.6 Å². The van der Waals surface area contributed by atoms with Crippen molar-refractivity contribution in [1.82, 2.24) is 19.9 Å². The van der Waals surface area contributed by atoms with Gasteiger partial charge in [-0.3, -0.25) is 19.1 Å². The van der Waals surface area contributed by atoms with Gasteiger partial charge in [-0.15, -0.1) is 0 Å². The molecule has 1 aromatic carbocycles. The number of primary amides is 1. The summed E-state index contributed by atoms with van der Waals surface area (Å²) >= 11 is 0. The molecule has 1 saturated heterocycles. The van der Waals surface area contributed by atoms with Gasteiger partial charge in [0.05, 0.1) is 18.4 Å². The summed E-state index contributed by atoms with van der Waals surface area (Å²) in [5, 5.41) is 4.60. The summed E-state index contributed by atoms with van der Waals surface area (Å²) in [6.07, 6.45) is 3.83. The number of methoxy groups -OCH3 is 1. The first-order chi connectivity index (χ1) is 28.1. The van der Waals surface area contributed by atoms with E-state index in [9.17, 15) is 40.8 Å². The third-order valence-electron chi connectivity index (χ3n) is 11.7. The van der Waals surface area contributed by atoms with Crippen molar-refractivity contribution < 1.29 is 59.3 Å². The van der Waals surface area contributed by atoms with Crippen molar-refractivity contribution >= 4 is 44.6 Å². The monoisotopic (exact) mass is 873 g/mol. The van der Waals surface area contributed by atoms with Gasteiger partial charge in [0, 0.05) is 34.6 Å². The van der Waals surface area contributed by atoms with Gasteiger partial charge in [-0.2, -0.15) is 13.2 Å². The van der Waals surface area contributed by atoms with Crippen LogP contribution in [0.4, 0.5) is 18.0 Å². The van der Waals surface area contributed by atoms with Crippen LogP contribution in [0.3, 0.4) is 0 Å². The summed E-state index contributed by atoms with van der Waals surface area (Å²) in [7, 11) is -2.32. The number of nitrogens with two attached hydrogens (primary N) is 1. The quantitative estimate of drug-likeness (QED) is 0.224. The van der Waals surface area contributed by atoms with E-state index in [2.05, 4.69) is 39.3 Å². The molecule has 1 aromatic heterocycles. The van der Waals surface area contributed by atoms with Crippen LogP contribution in [0.25, 0.3) is 10.8 Å². The van der Waals surface area contributed by atoms with Crippen molar-refractivity contribution in [2.24, 2.45) is 23.5 Å². The predicted octanol–water partition coefficient (Wildman–Crippen LogP) is 7.44. The van der Waals surface area contributed by atoms with E-state index in [0.717, 1.165) is 43.9 Å². The normalized spacial score (nSPS) is 27.1. The lowest BCUT2D eigenvalue weighted by molar-refractivity contribution is -0.243. The zero-order chi connectivity index (χ0) is 44.8. The molecule has 60 heavy (non-hydrogen) atoms. The number of carbonyl (C=O) groups excluding carboxylic acids is 4. The highest BCUT2D eigenvalue weighted by Gasteiger charge is 2.63. The number of fused-ring (bicyclic) bond motifs is 3. The predicted molar refractivity (Wildman–Crippen MR) is 226 cm³/mol. The fraction of sp³-hybridized carbons (Fsp3) is 0.643. The van der Waals surface area contributed by atoms with Crippen LogP contribution in [0.15, 0.2) is 42.6 Å². The van der Waals surface area contributed by atoms with Crippen molar-refractivity contribution in [2.75, 3.05) is 13.7 Å². The number of hydrogen-bond acceptors (Lipinski definition) is 10. The number of nitrogens with zero attached hydrogens (tertiary/aromatic N) is 2. The number of hydrogen-bond donors (Lipinski definition) is 3. The molecule has 4 N–H and O–H groups in total. The van der Waals surface area contributed by atoms with E-state index in [1.54, 1.807) is 25.1 Å². The van der Waals surface area contributed by atoms with E-state index in [4.69, 9.17) is 9.47 Å². The average molecular weight is 874 g/mol. The Bertz CT molecular complexity index is 2040. The maximum absolute atomic E-state index is 14.1. The van der Waals surface area contributed by atoms with Crippen LogP contribution in [0.1, 0.15) is 111 Å². The molecule has 340 valence electrons. The van der Waals surface area contributed by atoms with Crippen LogP contribution >= 0.6 is 0 Å². The average Bonchev–Trinajstić information content (AvgIpc) is 4.07. The first kappa shape index (κ1) is 48.1. The Hall–Kier alpha value is -4.61. The zero-order valence-electron chi connectivity index (χ0n) is 35.7. The number of rotatable bonds is 8. The van der Waals surface area contributed by atoms with Crippen LogP contribution in [0.2, 0.25) is 0 Å². The Balaban J connectivity index is 0.00000109. The smallest absolute Gasteiger partial charge is 0.427 e. The second-order valence-electron chi connectivity index (χ2n) is 16.6. The second kappa shape index (κ2) is 19.0. The molecule has 0 unspecified atom stereocenters. The molecule has 4 amide bonds. The number of alkyl halides is 3. The third-order valence-corrected chi connectivity index (χ3v) is 14.0. The molecule has 14 nitrogen and oxygen atoms in total. The molecule has 0 bridgehead atoms. The van der Waals surface area contributed by atoms with Crippen molar-refractivity contribution in [3.8, 4) is 11.6 Å². The minimum atomic E-state index is -4.60. The maximum atomic E-state index is 14.1. The Labute approximate surface area is 355 Å². The lowest BCUT2D eigenvalue weighted by atomic mass is 9.91. The van der Waals surface area contributed by atoms with Crippen LogP contribution in [0.5, 0.6) is 11.6 Å². The third kappa shape index (κ3) is 11.0. The van der Waals surface area contributed by atoms with Crippen LogP contribution in [-0.4, -0.2) is 90.0 Å². The summed E-state index contributed by atoms with van der Waals surface area (Å²) < 4.78 is 79.0. The van der Waals surface area contributed by atoms with Crippen molar-refractivity contribution in [1.29, 1.82) is 0 Å². The van der Waals surface area contributed by atoms with E-state index in [1.807, 2.05) is 50.3 Å². The summed E-state index contributed by atoms with van der Waals surface area (Å²) in [5.74, 6) is -0.107. The molecule has 0 radical (unpaired) electrons. The number of sulfonamides is 1. The highest BCUT2D eigenvalue weighted by atomic mass is 32.2. The van der Waals surface area contributed by atoms with Crippen molar-refractivity contribution in [2.45, 2.75) is 140 Å². The number of carbonyl (C=O) groups is 4. The summed E-state index contributed by atoms with van der Waals surface area (Å²) in [4.78, 5) is 57.7. The number of benzene rings is 1. The van der Waals surface area contributed by atoms with Gasteiger partial charge in [-0.25, -0.2) is 18.2 Å². The van der Waals surface area contributed by atoms with Gasteiger partial charge in [-0.1, -0.05) is 46.8 Å². The first-order valence-corrected chi connectivity index (χ1v) is 22.0. The van der Waals surface area contributed by atoms with Crippen LogP contribution < -0.4 is 25.2 Å². The highest BCUT2D eigenvalue weighted by Crippen LogP contribution is 2.49. The minimum Gasteiger partial charge on any atom is -0.497 e. The lowest BCUT2D eigenvalue weighted by Crippen LogP contribution is -2.57. The van der Waals surface area contributed by atoms with E-state index >= 15 is 0 Å². The van der Waals surface area contributed by atoms with Crippen LogP contribution in [-0.2, 0) is 29.1 Å². The molecule has 6 atom stereocenters. The summed E-state index contributed by atoms with van der Waals surface area (Å²) in [5.41, 5.74) is 0.490. The zero-order valence-corrected chi connectivity index (χ0v) is 36.5. The molecule has 3 heterocycles. The number of pyridine rings is 1. The van der Waals surface area contributed by atoms with Gasteiger partial charge >= 0.3 is 12.3 Å². The number of amides is 4. The van der Waals surface area contributed by atoms with Gasteiger partial charge in [0.1, 0.15) is 23.4 Å². The standard InChI is InChI=1S/C35H46N4O7S.C5H8F3NO2.C2H6.3H2/c1-5-34(13-14-34)47(43,44)38-33(42)35-20-25(35)9-7-6-8-22(2)16-23(3)17-30(40)39-21-27(19-29(39)31(41)37-35)46-32-28-11-10-26(45-4)18-24(28)12-15-36-32;1-4(2,5(6,7)8)11-3(9)10;1-2;;;/h7,9-12,15,18,22-23,25,27,29H,5-6,8,13-14,16-17,19-21H2,1-4H3,(H,37,41)(H,38,42);1-2H3,(H2,9,10);1-2H3;3*1H/b9-7-;;;;;/t22-,23+,25+,27+,29-,35+;;;;;/m0...../s1. The SMILES string of the molecule is CC.CC(C)(OC(N)=O)C(F)(F)F.CCC1(S(=O)(=O)NC(=O)[C@@]23C[C@H]2/C=C\CC[C@H](C)C[C@@H](C)CC(=O)N2C[C@H](Oc4nccc5cc(OC)ccc45)C[C@H]2C(=O)N3)CC1.[HH].[HH].[HH]. The molecule has 6 rings (SSSR count). The largest absolute Gasteiger partial charge is 0.497 e. The van der Waals surface area contributed by atoms with E-state index in [1.165, 1.54) is 0 Å².